The third kappa shape index (κ3) is 4.07. The third-order valence-electron chi connectivity index (χ3n) is 2.24. The maximum atomic E-state index is 11.4. The van der Waals surface area contributed by atoms with Gasteiger partial charge in [-0.2, -0.15) is 0 Å². The summed E-state index contributed by atoms with van der Waals surface area (Å²) < 4.78 is 5.56. The van der Waals surface area contributed by atoms with Crippen molar-refractivity contribution < 1.29 is 9.53 Å². The zero-order chi connectivity index (χ0) is 11.4. The molecule has 0 aromatic rings. The average Bonchev–Trinajstić information content (AvgIpc) is 2.14. The van der Waals surface area contributed by atoms with Crippen molar-refractivity contribution >= 4 is 5.91 Å². The molecule has 0 rings (SSSR count). The molecule has 0 heterocycles. The quantitative estimate of drug-likeness (QED) is 0.683. The van der Waals surface area contributed by atoms with Crippen molar-refractivity contribution in [1.82, 2.24) is 10.6 Å². The van der Waals surface area contributed by atoms with Crippen LogP contribution in [0.1, 0.15) is 27.7 Å². The summed E-state index contributed by atoms with van der Waals surface area (Å²) >= 11 is 0. The number of likely N-dealkylation sites (N-methyl/N-ethyl adjacent to an activating group) is 2. The zero-order valence-corrected chi connectivity index (χ0v) is 10.0. The molecule has 0 aliphatic heterocycles. The molecule has 2 N–H and O–H groups in total. The standard InChI is InChI=1S/C10H22N2O2/c1-9(2,12-6)7-14-10(3,4)8(13)11-5/h12H,7H2,1-6H3,(H,11,13). The molecule has 0 saturated heterocycles. The molecular formula is C10H22N2O2. The van der Waals surface area contributed by atoms with Crippen molar-refractivity contribution in [2.24, 2.45) is 0 Å². The molecule has 0 fully saturated rings. The van der Waals surface area contributed by atoms with E-state index in [1.807, 2.05) is 20.9 Å². The summed E-state index contributed by atoms with van der Waals surface area (Å²) in [6.07, 6.45) is 0. The summed E-state index contributed by atoms with van der Waals surface area (Å²) in [6, 6.07) is 0. The number of rotatable bonds is 5. The van der Waals surface area contributed by atoms with Crippen LogP contribution in [0.4, 0.5) is 0 Å². The fraction of sp³-hybridized carbons (Fsp3) is 0.900. The van der Waals surface area contributed by atoms with Gasteiger partial charge in [0.15, 0.2) is 0 Å². The monoisotopic (exact) mass is 202 g/mol. The summed E-state index contributed by atoms with van der Waals surface area (Å²) in [4.78, 5) is 11.4. The van der Waals surface area contributed by atoms with E-state index in [9.17, 15) is 4.79 Å². The largest absolute Gasteiger partial charge is 0.364 e. The van der Waals surface area contributed by atoms with E-state index in [4.69, 9.17) is 4.74 Å². The summed E-state index contributed by atoms with van der Waals surface area (Å²) in [5.41, 5.74) is -0.895. The number of amides is 1. The highest BCUT2D eigenvalue weighted by molar-refractivity contribution is 5.83. The van der Waals surface area contributed by atoms with Crippen LogP contribution in [0.3, 0.4) is 0 Å². The number of carbonyl (C=O) groups is 1. The fourth-order valence-electron chi connectivity index (χ4n) is 0.800. The van der Waals surface area contributed by atoms with Crippen LogP contribution < -0.4 is 10.6 Å². The van der Waals surface area contributed by atoms with Crippen molar-refractivity contribution in [2.45, 2.75) is 38.8 Å². The van der Waals surface area contributed by atoms with Crippen LogP contribution >= 0.6 is 0 Å². The minimum atomic E-state index is -0.775. The molecule has 14 heavy (non-hydrogen) atoms. The first kappa shape index (κ1) is 13.4. The minimum absolute atomic E-state index is 0.107. The van der Waals surface area contributed by atoms with Gasteiger partial charge in [-0.3, -0.25) is 4.79 Å². The van der Waals surface area contributed by atoms with Crippen LogP contribution in [0.2, 0.25) is 0 Å². The Morgan fingerprint density at radius 1 is 1.21 bits per heavy atom. The highest BCUT2D eigenvalue weighted by Crippen LogP contribution is 2.12. The first-order valence-electron chi connectivity index (χ1n) is 4.80. The molecule has 0 aromatic carbocycles. The van der Waals surface area contributed by atoms with Gasteiger partial charge in [-0.1, -0.05) is 0 Å². The van der Waals surface area contributed by atoms with E-state index < -0.39 is 5.60 Å². The third-order valence-corrected chi connectivity index (χ3v) is 2.24. The van der Waals surface area contributed by atoms with E-state index in [-0.39, 0.29) is 11.4 Å². The lowest BCUT2D eigenvalue weighted by molar-refractivity contribution is -0.144. The second kappa shape index (κ2) is 4.75. The van der Waals surface area contributed by atoms with Crippen molar-refractivity contribution in [3.63, 3.8) is 0 Å². The molecule has 0 aromatic heterocycles. The van der Waals surface area contributed by atoms with Gasteiger partial charge in [-0.15, -0.1) is 0 Å². The van der Waals surface area contributed by atoms with Gasteiger partial charge in [0.2, 0.25) is 0 Å². The maximum absolute atomic E-state index is 11.4. The number of hydrogen-bond acceptors (Lipinski definition) is 3. The average molecular weight is 202 g/mol. The molecule has 0 saturated carbocycles. The van der Waals surface area contributed by atoms with Gasteiger partial charge in [0.05, 0.1) is 6.61 Å². The molecule has 4 nitrogen and oxygen atoms in total. The molecule has 0 aliphatic carbocycles. The Labute approximate surface area is 86.4 Å². The lowest BCUT2D eigenvalue weighted by atomic mass is 10.1. The second-order valence-corrected chi connectivity index (χ2v) is 4.51. The van der Waals surface area contributed by atoms with Gasteiger partial charge < -0.3 is 15.4 Å². The molecule has 1 amide bonds. The van der Waals surface area contributed by atoms with Gasteiger partial charge in [0.1, 0.15) is 5.60 Å². The molecule has 0 radical (unpaired) electrons. The van der Waals surface area contributed by atoms with Crippen LogP contribution in [0.15, 0.2) is 0 Å². The molecule has 0 bridgehead atoms. The first-order valence-corrected chi connectivity index (χ1v) is 4.80. The van der Waals surface area contributed by atoms with Crippen molar-refractivity contribution in [2.75, 3.05) is 20.7 Å². The SMILES string of the molecule is CNC(=O)C(C)(C)OCC(C)(C)NC. The number of hydrogen-bond donors (Lipinski definition) is 2. The number of ether oxygens (including phenoxy) is 1. The van der Waals surface area contributed by atoms with Gasteiger partial charge in [-0.05, 0) is 34.7 Å². The van der Waals surface area contributed by atoms with E-state index in [1.165, 1.54) is 0 Å². The van der Waals surface area contributed by atoms with Crippen LogP contribution in [-0.4, -0.2) is 37.7 Å². The molecule has 0 aliphatic rings. The molecule has 0 unspecified atom stereocenters. The summed E-state index contributed by atoms with van der Waals surface area (Å²) in [6.45, 7) is 8.05. The van der Waals surface area contributed by atoms with Crippen molar-refractivity contribution in [3.8, 4) is 0 Å². The van der Waals surface area contributed by atoms with Gasteiger partial charge in [-0.25, -0.2) is 0 Å². The highest BCUT2D eigenvalue weighted by Gasteiger charge is 2.29. The molecule has 0 atom stereocenters. The van der Waals surface area contributed by atoms with Crippen LogP contribution in [0.5, 0.6) is 0 Å². The van der Waals surface area contributed by atoms with E-state index in [2.05, 4.69) is 10.6 Å². The van der Waals surface area contributed by atoms with E-state index in [1.54, 1.807) is 20.9 Å². The van der Waals surface area contributed by atoms with Crippen molar-refractivity contribution in [3.05, 3.63) is 0 Å². The Morgan fingerprint density at radius 2 is 1.71 bits per heavy atom. The second-order valence-electron chi connectivity index (χ2n) is 4.51. The minimum Gasteiger partial charge on any atom is -0.364 e. The fourth-order valence-corrected chi connectivity index (χ4v) is 0.800. The summed E-state index contributed by atoms with van der Waals surface area (Å²) in [5, 5.41) is 5.69. The first-order chi connectivity index (χ1) is 6.25. The lowest BCUT2D eigenvalue weighted by Crippen LogP contribution is -2.48. The molecular weight excluding hydrogens is 180 g/mol. The van der Waals surface area contributed by atoms with Crippen LogP contribution in [0, 0.1) is 0 Å². The predicted molar refractivity (Wildman–Crippen MR) is 57.2 cm³/mol. The summed E-state index contributed by atoms with van der Waals surface area (Å²) in [5.74, 6) is -0.107. The maximum Gasteiger partial charge on any atom is 0.251 e. The van der Waals surface area contributed by atoms with E-state index in [0.29, 0.717) is 6.61 Å². The topological polar surface area (TPSA) is 50.4 Å². The predicted octanol–water partition coefficient (Wildman–Crippen LogP) is 0.526. The van der Waals surface area contributed by atoms with Gasteiger partial charge in [0, 0.05) is 12.6 Å². The Balaban J connectivity index is 4.18. The van der Waals surface area contributed by atoms with Gasteiger partial charge >= 0.3 is 0 Å². The summed E-state index contributed by atoms with van der Waals surface area (Å²) in [7, 11) is 3.48. The van der Waals surface area contributed by atoms with Gasteiger partial charge in [0.25, 0.3) is 5.91 Å². The molecule has 4 heteroatoms. The number of nitrogens with one attached hydrogen (secondary N) is 2. The van der Waals surface area contributed by atoms with Crippen molar-refractivity contribution in [1.29, 1.82) is 0 Å². The molecule has 84 valence electrons. The zero-order valence-electron chi connectivity index (χ0n) is 10.0. The smallest absolute Gasteiger partial charge is 0.251 e. The normalized spacial score (nSPS) is 12.7. The number of carbonyl (C=O) groups excluding carboxylic acids is 1. The van der Waals surface area contributed by atoms with Crippen LogP contribution in [-0.2, 0) is 9.53 Å². The molecule has 0 spiro atoms. The lowest BCUT2D eigenvalue weighted by Gasteiger charge is -2.30. The Hall–Kier alpha value is -0.610. The highest BCUT2D eigenvalue weighted by atomic mass is 16.5. The Kier molecular flexibility index (Phi) is 4.55. The van der Waals surface area contributed by atoms with E-state index >= 15 is 0 Å². The Morgan fingerprint density at radius 3 is 2.07 bits per heavy atom. The Bertz CT molecular complexity index is 200. The van der Waals surface area contributed by atoms with E-state index in [0.717, 1.165) is 0 Å². The van der Waals surface area contributed by atoms with Crippen LogP contribution in [0.25, 0.3) is 0 Å².